The van der Waals surface area contributed by atoms with E-state index in [0.717, 1.165) is 0 Å². The largest absolute Gasteiger partial charge is 0.497 e. The van der Waals surface area contributed by atoms with Gasteiger partial charge >= 0.3 is 0 Å². The Morgan fingerprint density at radius 3 is 2.34 bits per heavy atom. The lowest BCUT2D eigenvalue weighted by molar-refractivity contribution is -0.122. The summed E-state index contributed by atoms with van der Waals surface area (Å²) in [6.45, 7) is 4.38. The van der Waals surface area contributed by atoms with Crippen LogP contribution in [0.1, 0.15) is 52.0 Å². The van der Waals surface area contributed by atoms with Gasteiger partial charge in [-0.3, -0.25) is 19.3 Å². The highest BCUT2D eigenvalue weighted by Gasteiger charge is 2.37. The second-order valence-electron chi connectivity index (χ2n) is 8.78. The molecule has 5 N–H and O–H groups in total. The molecule has 202 valence electrons. The number of nitrogen functional groups attached to an aromatic ring is 1. The lowest BCUT2D eigenvalue weighted by Gasteiger charge is -2.32. The van der Waals surface area contributed by atoms with Crippen LogP contribution >= 0.6 is 11.5 Å². The van der Waals surface area contributed by atoms with Crippen molar-refractivity contribution in [2.45, 2.75) is 26.3 Å². The molecule has 10 nitrogen and oxygen atoms in total. The van der Waals surface area contributed by atoms with Crippen LogP contribution in [0.5, 0.6) is 11.5 Å². The molecule has 0 aliphatic carbocycles. The van der Waals surface area contributed by atoms with Gasteiger partial charge in [-0.2, -0.15) is 4.37 Å². The van der Waals surface area contributed by atoms with E-state index >= 15 is 0 Å². The van der Waals surface area contributed by atoms with Crippen LogP contribution in [-0.4, -0.2) is 42.9 Å². The average Bonchev–Trinajstić information content (AvgIpc) is 3.28. The Hall–Kier alpha value is -4.19. The summed E-state index contributed by atoms with van der Waals surface area (Å²) >= 11 is 0.677. The first-order valence-corrected chi connectivity index (χ1v) is 12.5. The molecule has 0 bridgehead atoms. The molecule has 3 rings (SSSR count). The summed E-state index contributed by atoms with van der Waals surface area (Å²) in [6, 6.07) is 8.68. The predicted octanol–water partition coefficient (Wildman–Crippen LogP) is 3.53. The van der Waals surface area contributed by atoms with E-state index in [1.165, 1.54) is 49.5 Å². The summed E-state index contributed by atoms with van der Waals surface area (Å²) in [5, 5.41) is 2.87. The topological polar surface area (TPSA) is 150 Å². The quantitative estimate of drug-likeness (QED) is 0.335. The summed E-state index contributed by atoms with van der Waals surface area (Å²) in [6.07, 6.45) is 0.696. The Bertz CT molecular complexity index is 1310. The van der Waals surface area contributed by atoms with Crippen LogP contribution in [0, 0.1) is 11.7 Å². The third-order valence-electron chi connectivity index (χ3n) is 5.73. The van der Waals surface area contributed by atoms with E-state index < -0.39 is 29.6 Å². The predicted molar refractivity (Wildman–Crippen MR) is 143 cm³/mol. The van der Waals surface area contributed by atoms with Crippen LogP contribution in [0.4, 0.5) is 15.8 Å². The van der Waals surface area contributed by atoms with Crippen molar-refractivity contribution >= 4 is 40.6 Å². The maximum Gasteiger partial charge on any atom is 0.273 e. The Kier molecular flexibility index (Phi) is 9.24. The minimum Gasteiger partial charge on any atom is -0.497 e. The van der Waals surface area contributed by atoms with Crippen LogP contribution in [0.2, 0.25) is 0 Å². The fourth-order valence-corrected chi connectivity index (χ4v) is 4.48. The maximum absolute atomic E-state index is 14.2. The molecule has 0 fully saturated rings. The number of carbonyl (C=O) groups excluding carboxylic acids is 3. The molecule has 0 spiro atoms. The Morgan fingerprint density at radius 2 is 1.79 bits per heavy atom. The monoisotopic (exact) mass is 543 g/mol. The van der Waals surface area contributed by atoms with Gasteiger partial charge in [-0.1, -0.05) is 26.0 Å². The van der Waals surface area contributed by atoms with Gasteiger partial charge in [0.2, 0.25) is 5.91 Å². The minimum absolute atomic E-state index is 0.106. The first-order chi connectivity index (χ1) is 18.1. The molecule has 1 atom stereocenters. The fourth-order valence-electron chi connectivity index (χ4n) is 3.73. The van der Waals surface area contributed by atoms with Crippen molar-refractivity contribution in [2.75, 3.05) is 31.4 Å². The zero-order valence-corrected chi connectivity index (χ0v) is 22.3. The van der Waals surface area contributed by atoms with E-state index in [1.54, 1.807) is 12.1 Å². The Morgan fingerprint density at radius 1 is 1.11 bits per heavy atom. The van der Waals surface area contributed by atoms with E-state index in [-0.39, 0.29) is 27.7 Å². The van der Waals surface area contributed by atoms with Gasteiger partial charge in [0.05, 0.1) is 25.6 Å². The van der Waals surface area contributed by atoms with Crippen LogP contribution < -0.4 is 31.2 Å². The third kappa shape index (κ3) is 6.20. The van der Waals surface area contributed by atoms with Gasteiger partial charge < -0.3 is 26.3 Å². The molecule has 0 radical (unpaired) electrons. The number of primary amides is 1. The number of halogens is 1. The number of aromatic nitrogens is 1. The molecule has 1 unspecified atom stereocenters. The molecule has 1 heterocycles. The van der Waals surface area contributed by atoms with Gasteiger partial charge in [-0.25, -0.2) is 4.39 Å². The number of nitrogens with zero attached hydrogens (tertiary/aromatic N) is 2. The molecule has 3 amide bonds. The van der Waals surface area contributed by atoms with Crippen molar-refractivity contribution in [3.63, 3.8) is 0 Å². The van der Waals surface area contributed by atoms with Crippen LogP contribution in [0.3, 0.4) is 0 Å². The lowest BCUT2D eigenvalue weighted by Crippen LogP contribution is -2.44. The smallest absolute Gasteiger partial charge is 0.273 e. The van der Waals surface area contributed by atoms with Crippen LogP contribution in [0.25, 0.3) is 0 Å². The van der Waals surface area contributed by atoms with E-state index in [2.05, 4.69) is 9.69 Å². The highest BCUT2D eigenvalue weighted by atomic mass is 32.1. The first-order valence-electron chi connectivity index (χ1n) is 11.7. The number of nitrogens with one attached hydrogen (secondary N) is 1. The standard InChI is InChI=1S/C26H30FN5O5S/c1-14(2)11-12-30-25(34)22(15-5-7-16(27)8-6-15)32(18-13-17(36-3)9-10-19(18)37-4)26(35)23-20(28)21(24(29)33)31-38-23/h5-10,13-14,22H,11-12,28H2,1-4H3,(H2,29,33)(H,30,34). The molecule has 0 saturated carbocycles. The number of hydrogen-bond acceptors (Lipinski definition) is 8. The number of benzene rings is 2. The van der Waals surface area contributed by atoms with Crippen molar-refractivity contribution < 1.29 is 28.2 Å². The summed E-state index contributed by atoms with van der Waals surface area (Å²) in [4.78, 5) is 40.7. The van der Waals surface area contributed by atoms with Crippen molar-refractivity contribution in [3.8, 4) is 11.5 Å². The number of nitrogens with two attached hydrogens (primary N) is 2. The molecule has 12 heteroatoms. The first kappa shape index (κ1) is 28.4. The number of hydrogen-bond donors (Lipinski definition) is 3. The fraction of sp³-hybridized carbons (Fsp3) is 0.308. The van der Waals surface area contributed by atoms with E-state index in [4.69, 9.17) is 20.9 Å². The number of ether oxygens (including phenoxy) is 2. The van der Waals surface area contributed by atoms with Crippen molar-refractivity contribution in [2.24, 2.45) is 11.7 Å². The zero-order chi connectivity index (χ0) is 28.0. The van der Waals surface area contributed by atoms with Crippen molar-refractivity contribution in [3.05, 3.63) is 64.4 Å². The van der Waals surface area contributed by atoms with Crippen LogP contribution in [-0.2, 0) is 4.79 Å². The van der Waals surface area contributed by atoms with E-state index in [9.17, 15) is 18.8 Å². The van der Waals surface area contributed by atoms with Crippen molar-refractivity contribution in [1.82, 2.24) is 9.69 Å². The van der Waals surface area contributed by atoms with Crippen LogP contribution in [0.15, 0.2) is 42.5 Å². The van der Waals surface area contributed by atoms with Gasteiger partial charge in [0.15, 0.2) is 5.69 Å². The molecule has 2 aromatic carbocycles. The van der Waals surface area contributed by atoms with Gasteiger partial charge in [-0.05, 0) is 53.7 Å². The summed E-state index contributed by atoms with van der Waals surface area (Å²) < 4.78 is 28.7. The second kappa shape index (κ2) is 12.4. The van der Waals surface area contributed by atoms with Gasteiger partial charge in [-0.15, -0.1) is 0 Å². The number of anilines is 2. The van der Waals surface area contributed by atoms with E-state index in [0.29, 0.717) is 41.7 Å². The van der Waals surface area contributed by atoms with Gasteiger partial charge in [0.25, 0.3) is 11.8 Å². The molecular formula is C26H30FN5O5S. The number of methoxy groups -OCH3 is 2. The normalized spacial score (nSPS) is 11.6. The molecule has 38 heavy (non-hydrogen) atoms. The van der Waals surface area contributed by atoms with Gasteiger partial charge in [0, 0.05) is 12.6 Å². The van der Waals surface area contributed by atoms with E-state index in [1.807, 2.05) is 13.8 Å². The molecule has 0 saturated heterocycles. The highest BCUT2D eigenvalue weighted by Crippen LogP contribution is 2.40. The molecule has 0 aliphatic heterocycles. The van der Waals surface area contributed by atoms with Crippen molar-refractivity contribution in [1.29, 1.82) is 0 Å². The molecule has 1 aromatic heterocycles. The summed E-state index contributed by atoms with van der Waals surface area (Å²) in [5.41, 5.74) is 11.5. The molecule has 3 aromatic rings. The summed E-state index contributed by atoms with van der Waals surface area (Å²) in [7, 11) is 2.87. The SMILES string of the molecule is COc1ccc(OC)c(N(C(=O)c2snc(C(N)=O)c2N)C(C(=O)NCCC(C)C)c2ccc(F)cc2)c1. The lowest BCUT2D eigenvalue weighted by atomic mass is 10.0. The zero-order valence-electron chi connectivity index (χ0n) is 21.5. The Balaban J connectivity index is 2.26. The number of amides is 3. The molecule has 0 aliphatic rings. The average molecular weight is 544 g/mol. The van der Waals surface area contributed by atoms with Gasteiger partial charge in [0.1, 0.15) is 28.2 Å². The number of carbonyl (C=O) groups is 3. The minimum atomic E-state index is -1.28. The Labute approximate surface area is 223 Å². The highest BCUT2D eigenvalue weighted by molar-refractivity contribution is 7.09. The maximum atomic E-state index is 14.2. The second-order valence-corrected chi connectivity index (χ2v) is 9.55. The summed E-state index contributed by atoms with van der Waals surface area (Å²) in [5.74, 6) is -1.72. The number of rotatable bonds is 11. The molecular weight excluding hydrogens is 513 g/mol. The third-order valence-corrected chi connectivity index (χ3v) is 6.58.